The number of rotatable bonds is 3. The molecule has 1 aromatic rings. The van der Waals surface area contributed by atoms with E-state index in [1.165, 1.54) is 0 Å². The summed E-state index contributed by atoms with van der Waals surface area (Å²) in [6.07, 6.45) is -1.04. The third-order valence-corrected chi connectivity index (χ3v) is 2.70. The van der Waals surface area contributed by atoms with E-state index in [-0.39, 0.29) is 25.1 Å². The molecule has 1 aliphatic rings. The number of carbonyl (C=O) groups is 1. The molecule has 1 amide bonds. The van der Waals surface area contributed by atoms with Gasteiger partial charge in [-0.2, -0.15) is 0 Å². The number of aliphatic hydroxyl groups is 1. The number of amides is 1. The van der Waals surface area contributed by atoms with Gasteiger partial charge in [-0.1, -0.05) is 30.3 Å². The van der Waals surface area contributed by atoms with Gasteiger partial charge in [0, 0.05) is 13.1 Å². The number of benzene rings is 1. The van der Waals surface area contributed by atoms with Crippen LogP contribution < -0.4 is 10.6 Å². The average Bonchev–Trinajstić information content (AvgIpc) is 2.74. The van der Waals surface area contributed by atoms with Crippen molar-refractivity contribution < 1.29 is 14.6 Å². The van der Waals surface area contributed by atoms with Gasteiger partial charge in [0.05, 0.1) is 12.1 Å². The zero-order valence-corrected chi connectivity index (χ0v) is 10.7. The number of carbonyl (C=O) groups excluding carboxylic acids is 1. The number of halogens is 1. The number of β-amino-alcohol motifs (C(OH)–C–C–N with tert-alkyl or cyclic N) is 1. The lowest BCUT2D eigenvalue weighted by Gasteiger charge is -2.15. The Morgan fingerprint density at radius 2 is 2.11 bits per heavy atom. The van der Waals surface area contributed by atoms with E-state index in [4.69, 9.17) is 4.74 Å². The molecule has 1 saturated heterocycles. The minimum atomic E-state index is -0.542. The van der Waals surface area contributed by atoms with Crippen LogP contribution in [-0.4, -0.2) is 36.4 Å². The van der Waals surface area contributed by atoms with E-state index < -0.39 is 12.2 Å². The Balaban J connectivity index is 0.00000162. The fraction of sp³-hybridized carbons (Fsp3) is 0.417. The van der Waals surface area contributed by atoms with Crippen LogP contribution in [0.1, 0.15) is 5.56 Å². The molecule has 1 aliphatic heterocycles. The molecular formula is C12H17ClN2O3. The molecule has 0 aliphatic carbocycles. The lowest BCUT2D eigenvalue weighted by Crippen LogP contribution is -2.42. The summed E-state index contributed by atoms with van der Waals surface area (Å²) in [6.45, 7) is 1.31. The molecule has 2 rings (SSSR count). The standard InChI is InChI=1S/C12H16N2O3.ClH/c15-11-7-13-6-10(11)14-12(16)17-8-9-4-2-1-3-5-9;/h1-5,10-11,13,15H,6-8H2,(H,14,16);1H/t10-,11-;/m1./s1. The summed E-state index contributed by atoms with van der Waals surface area (Å²) in [5, 5.41) is 15.1. The predicted molar refractivity (Wildman–Crippen MR) is 69.7 cm³/mol. The summed E-state index contributed by atoms with van der Waals surface area (Å²) in [5.74, 6) is 0. The van der Waals surface area contributed by atoms with Crippen LogP contribution >= 0.6 is 12.4 Å². The molecule has 2 atom stereocenters. The van der Waals surface area contributed by atoms with Crippen molar-refractivity contribution in [2.24, 2.45) is 0 Å². The molecule has 100 valence electrons. The maximum Gasteiger partial charge on any atom is 0.407 e. The zero-order chi connectivity index (χ0) is 12.1. The van der Waals surface area contributed by atoms with Crippen molar-refractivity contribution in [2.75, 3.05) is 13.1 Å². The number of ether oxygens (including phenoxy) is 1. The first-order valence-corrected chi connectivity index (χ1v) is 5.61. The molecule has 18 heavy (non-hydrogen) atoms. The summed E-state index contributed by atoms with van der Waals surface area (Å²) in [7, 11) is 0. The minimum Gasteiger partial charge on any atom is -0.445 e. The van der Waals surface area contributed by atoms with Crippen molar-refractivity contribution in [2.45, 2.75) is 18.8 Å². The lowest BCUT2D eigenvalue weighted by molar-refractivity contribution is 0.118. The number of aliphatic hydroxyl groups excluding tert-OH is 1. The summed E-state index contributed by atoms with van der Waals surface area (Å²) in [4.78, 5) is 11.4. The molecule has 1 heterocycles. The SMILES string of the molecule is Cl.O=C(N[C@@H]1CNC[C@H]1O)OCc1ccccc1. The molecule has 0 bridgehead atoms. The van der Waals surface area contributed by atoms with Crippen molar-refractivity contribution >= 4 is 18.5 Å². The van der Waals surface area contributed by atoms with Gasteiger partial charge in [-0.3, -0.25) is 0 Å². The first-order valence-electron chi connectivity index (χ1n) is 5.61. The van der Waals surface area contributed by atoms with Gasteiger partial charge >= 0.3 is 6.09 Å². The Morgan fingerprint density at radius 1 is 1.39 bits per heavy atom. The second kappa shape index (κ2) is 7.20. The maximum absolute atomic E-state index is 11.4. The van der Waals surface area contributed by atoms with E-state index in [0.29, 0.717) is 13.1 Å². The van der Waals surface area contributed by atoms with E-state index >= 15 is 0 Å². The molecule has 6 heteroatoms. The van der Waals surface area contributed by atoms with Gasteiger partial charge in [0.1, 0.15) is 6.61 Å². The molecule has 0 radical (unpaired) electrons. The topological polar surface area (TPSA) is 70.6 Å². The third-order valence-electron chi connectivity index (χ3n) is 2.70. The maximum atomic E-state index is 11.4. The Hall–Kier alpha value is -1.30. The fourth-order valence-electron chi connectivity index (χ4n) is 1.73. The molecule has 1 fully saturated rings. The van der Waals surface area contributed by atoms with Crippen LogP contribution in [0.25, 0.3) is 0 Å². The summed E-state index contributed by atoms with van der Waals surface area (Å²) in [5.41, 5.74) is 0.938. The van der Waals surface area contributed by atoms with Gasteiger partial charge in [0.25, 0.3) is 0 Å². The Morgan fingerprint density at radius 3 is 2.72 bits per heavy atom. The monoisotopic (exact) mass is 272 g/mol. The highest BCUT2D eigenvalue weighted by Crippen LogP contribution is 2.02. The van der Waals surface area contributed by atoms with Gasteiger partial charge < -0.3 is 20.5 Å². The zero-order valence-electron chi connectivity index (χ0n) is 9.83. The number of nitrogens with one attached hydrogen (secondary N) is 2. The Kier molecular flexibility index (Phi) is 5.91. The van der Waals surface area contributed by atoms with Crippen LogP contribution in [0.5, 0.6) is 0 Å². The molecule has 0 aromatic heterocycles. The predicted octanol–water partition coefficient (Wildman–Crippen LogP) is 0.667. The van der Waals surface area contributed by atoms with Crippen LogP contribution in [0.3, 0.4) is 0 Å². The second-order valence-corrected chi connectivity index (χ2v) is 4.04. The van der Waals surface area contributed by atoms with Gasteiger partial charge in [0.2, 0.25) is 0 Å². The van der Waals surface area contributed by atoms with Gasteiger partial charge in [-0.05, 0) is 5.56 Å². The number of hydrogen-bond acceptors (Lipinski definition) is 4. The van der Waals surface area contributed by atoms with Crippen molar-refractivity contribution in [3.8, 4) is 0 Å². The van der Waals surface area contributed by atoms with Gasteiger partial charge in [-0.15, -0.1) is 12.4 Å². The van der Waals surface area contributed by atoms with Crippen LogP contribution in [0.4, 0.5) is 4.79 Å². The first-order chi connectivity index (χ1) is 8.25. The molecule has 3 N–H and O–H groups in total. The summed E-state index contributed by atoms with van der Waals surface area (Å²) >= 11 is 0. The quantitative estimate of drug-likeness (QED) is 0.756. The minimum absolute atomic E-state index is 0. The summed E-state index contributed by atoms with van der Waals surface area (Å²) in [6, 6.07) is 9.20. The van der Waals surface area contributed by atoms with Gasteiger partial charge in [0.15, 0.2) is 0 Å². The second-order valence-electron chi connectivity index (χ2n) is 4.04. The molecule has 0 saturated carbocycles. The summed E-state index contributed by atoms with van der Waals surface area (Å²) < 4.78 is 5.05. The Labute approximate surface area is 112 Å². The molecule has 5 nitrogen and oxygen atoms in total. The average molecular weight is 273 g/mol. The van der Waals surface area contributed by atoms with Crippen LogP contribution in [0.15, 0.2) is 30.3 Å². The van der Waals surface area contributed by atoms with E-state index in [0.717, 1.165) is 5.56 Å². The largest absolute Gasteiger partial charge is 0.445 e. The number of alkyl carbamates (subject to hydrolysis) is 1. The molecule has 0 spiro atoms. The first kappa shape index (κ1) is 14.8. The van der Waals surface area contributed by atoms with Crippen LogP contribution in [0.2, 0.25) is 0 Å². The van der Waals surface area contributed by atoms with Gasteiger partial charge in [-0.25, -0.2) is 4.79 Å². The highest BCUT2D eigenvalue weighted by atomic mass is 35.5. The highest BCUT2D eigenvalue weighted by Gasteiger charge is 2.26. The lowest BCUT2D eigenvalue weighted by atomic mass is 10.2. The van der Waals surface area contributed by atoms with E-state index in [1.54, 1.807) is 0 Å². The van der Waals surface area contributed by atoms with E-state index in [2.05, 4.69) is 10.6 Å². The number of hydrogen-bond donors (Lipinski definition) is 3. The third kappa shape index (κ3) is 4.18. The van der Waals surface area contributed by atoms with Crippen molar-refractivity contribution in [1.82, 2.24) is 10.6 Å². The normalized spacial score (nSPS) is 22.1. The van der Waals surface area contributed by atoms with E-state index in [9.17, 15) is 9.90 Å². The Bertz CT molecular complexity index is 375. The molecule has 0 unspecified atom stereocenters. The molecule has 1 aromatic carbocycles. The highest BCUT2D eigenvalue weighted by molar-refractivity contribution is 5.85. The van der Waals surface area contributed by atoms with Crippen molar-refractivity contribution in [1.29, 1.82) is 0 Å². The molecular weight excluding hydrogens is 256 g/mol. The fourth-order valence-corrected chi connectivity index (χ4v) is 1.73. The van der Waals surface area contributed by atoms with Crippen molar-refractivity contribution in [3.05, 3.63) is 35.9 Å². The van der Waals surface area contributed by atoms with Crippen molar-refractivity contribution in [3.63, 3.8) is 0 Å². The van der Waals surface area contributed by atoms with Crippen LogP contribution in [0, 0.1) is 0 Å². The smallest absolute Gasteiger partial charge is 0.407 e. The van der Waals surface area contributed by atoms with E-state index in [1.807, 2.05) is 30.3 Å². The van der Waals surface area contributed by atoms with Crippen LogP contribution in [-0.2, 0) is 11.3 Å².